The molecule has 0 unspecified atom stereocenters. The number of benzene rings is 2. The molecule has 0 saturated carbocycles. The summed E-state index contributed by atoms with van der Waals surface area (Å²) < 4.78 is 39.8. The molecule has 0 spiro atoms. The zero-order valence-electron chi connectivity index (χ0n) is 16.8. The summed E-state index contributed by atoms with van der Waals surface area (Å²) in [5, 5.41) is 24.1. The summed E-state index contributed by atoms with van der Waals surface area (Å²) in [5.74, 6) is 5.06. The Morgan fingerprint density at radius 3 is 2.62 bits per heavy atom. The first-order valence-electron chi connectivity index (χ1n) is 9.08. The van der Waals surface area contributed by atoms with Crippen LogP contribution in [-0.4, -0.2) is 37.7 Å². The minimum atomic E-state index is -4.66. The van der Waals surface area contributed by atoms with Crippen molar-refractivity contribution in [2.24, 2.45) is 5.10 Å². The highest BCUT2D eigenvalue weighted by Crippen LogP contribution is 2.36. The number of nitrogens with one attached hydrogen (secondary N) is 2. The van der Waals surface area contributed by atoms with E-state index in [1.807, 2.05) is 0 Å². The Hall–Kier alpha value is -3.85. The van der Waals surface area contributed by atoms with Crippen LogP contribution < -0.4 is 16.6 Å². The van der Waals surface area contributed by atoms with Crippen molar-refractivity contribution in [2.75, 3.05) is 22.3 Å². The van der Waals surface area contributed by atoms with Gasteiger partial charge in [-0.05, 0) is 35.9 Å². The maximum atomic E-state index is 12.9. The standard InChI is InChI=1S/C18H14ClF3N8O3S/c19-14-6-3-11(7-13(14)18(20,21)22)25-15(31)9-34-17-28-27-16(29(17)23)26-24-8-10-1-4-12(5-2-10)30(32)33/h1-8H,9,23H2,(H,25,31)(H,26,27)/b24-8+. The summed E-state index contributed by atoms with van der Waals surface area (Å²) in [4.78, 5) is 22.3. The van der Waals surface area contributed by atoms with Gasteiger partial charge in [0.2, 0.25) is 11.1 Å². The van der Waals surface area contributed by atoms with Gasteiger partial charge < -0.3 is 11.2 Å². The van der Waals surface area contributed by atoms with E-state index in [1.165, 1.54) is 36.5 Å². The minimum Gasteiger partial charge on any atom is -0.334 e. The van der Waals surface area contributed by atoms with Gasteiger partial charge in [0, 0.05) is 17.8 Å². The van der Waals surface area contributed by atoms with Crippen molar-refractivity contribution in [3.63, 3.8) is 0 Å². The van der Waals surface area contributed by atoms with E-state index in [-0.39, 0.29) is 28.2 Å². The van der Waals surface area contributed by atoms with Crippen LogP contribution in [0, 0.1) is 10.1 Å². The van der Waals surface area contributed by atoms with Crippen molar-refractivity contribution in [1.29, 1.82) is 0 Å². The highest BCUT2D eigenvalue weighted by molar-refractivity contribution is 7.99. The van der Waals surface area contributed by atoms with Gasteiger partial charge in [-0.1, -0.05) is 23.4 Å². The van der Waals surface area contributed by atoms with Crippen molar-refractivity contribution >= 4 is 52.8 Å². The largest absolute Gasteiger partial charge is 0.417 e. The molecule has 34 heavy (non-hydrogen) atoms. The van der Waals surface area contributed by atoms with Gasteiger partial charge in [0.15, 0.2) is 0 Å². The molecular weight excluding hydrogens is 501 g/mol. The Kier molecular flexibility index (Phi) is 7.57. The number of rotatable bonds is 8. The smallest absolute Gasteiger partial charge is 0.334 e. The summed E-state index contributed by atoms with van der Waals surface area (Å²) in [7, 11) is 0. The molecule has 0 bridgehead atoms. The van der Waals surface area contributed by atoms with Gasteiger partial charge >= 0.3 is 6.18 Å². The van der Waals surface area contributed by atoms with Gasteiger partial charge in [-0.2, -0.15) is 18.3 Å². The SMILES string of the molecule is Nn1c(N/N=C/c2ccc([N+](=O)[O-])cc2)nnc1SCC(=O)Nc1ccc(Cl)c(C(F)(F)F)c1. The molecule has 1 heterocycles. The van der Waals surface area contributed by atoms with E-state index in [9.17, 15) is 28.1 Å². The first-order valence-corrected chi connectivity index (χ1v) is 10.4. The highest BCUT2D eigenvalue weighted by Gasteiger charge is 2.33. The first-order chi connectivity index (χ1) is 16.0. The average molecular weight is 515 g/mol. The minimum absolute atomic E-state index is 0.0357. The lowest BCUT2D eigenvalue weighted by Gasteiger charge is -2.11. The lowest BCUT2D eigenvalue weighted by molar-refractivity contribution is -0.384. The molecule has 178 valence electrons. The van der Waals surface area contributed by atoms with Crippen LogP contribution in [-0.2, 0) is 11.0 Å². The fourth-order valence-electron chi connectivity index (χ4n) is 2.45. The zero-order chi connectivity index (χ0) is 24.9. The molecule has 1 aromatic heterocycles. The molecule has 0 fully saturated rings. The highest BCUT2D eigenvalue weighted by atomic mass is 35.5. The van der Waals surface area contributed by atoms with Gasteiger partial charge in [0.25, 0.3) is 11.6 Å². The quantitative estimate of drug-likeness (QED) is 0.135. The summed E-state index contributed by atoms with van der Waals surface area (Å²) in [6, 6.07) is 8.65. The Balaban J connectivity index is 1.55. The Bertz CT molecular complexity index is 1230. The van der Waals surface area contributed by atoms with Crippen LogP contribution in [0.3, 0.4) is 0 Å². The molecule has 2 aromatic carbocycles. The van der Waals surface area contributed by atoms with Gasteiger partial charge in [0.1, 0.15) is 0 Å². The Morgan fingerprint density at radius 2 is 1.97 bits per heavy atom. The van der Waals surface area contributed by atoms with E-state index in [0.717, 1.165) is 28.6 Å². The van der Waals surface area contributed by atoms with E-state index in [2.05, 4.69) is 26.0 Å². The van der Waals surface area contributed by atoms with Crippen molar-refractivity contribution in [2.45, 2.75) is 11.3 Å². The predicted octanol–water partition coefficient (Wildman–Crippen LogP) is 3.75. The molecule has 0 radical (unpaired) electrons. The Labute approximate surface area is 198 Å². The third-order valence-corrected chi connectivity index (χ3v) is 5.31. The topological polar surface area (TPSA) is 153 Å². The van der Waals surface area contributed by atoms with Crippen molar-refractivity contribution in [3.8, 4) is 0 Å². The summed E-state index contributed by atoms with van der Waals surface area (Å²) >= 11 is 6.45. The van der Waals surface area contributed by atoms with Gasteiger partial charge in [-0.25, -0.2) is 10.1 Å². The number of non-ortho nitro benzene ring substituents is 1. The fourth-order valence-corrected chi connectivity index (χ4v) is 3.33. The first kappa shape index (κ1) is 24.8. The number of carbonyl (C=O) groups excluding carboxylic acids is 1. The number of hydrogen-bond acceptors (Lipinski definition) is 9. The van der Waals surface area contributed by atoms with E-state index in [1.54, 1.807) is 0 Å². The normalized spacial score (nSPS) is 11.5. The number of aromatic nitrogens is 3. The van der Waals surface area contributed by atoms with E-state index < -0.39 is 27.6 Å². The number of nitrogens with zero attached hydrogens (tertiary/aromatic N) is 5. The number of thioether (sulfide) groups is 1. The molecule has 3 rings (SSSR count). The zero-order valence-corrected chi connectivity index (χ0v) is 18.4. The number of nitrogens with two attached hydrogens (primary N) is 1. The van der Waals surface area contributed by atoms with Crippen LogP contribution in [0.4, 0.5) is 30.5 Å². The number of hydrazone groups is 1. The number of nitro groups is 1. The van der Waals surface area contributed by atoms with Crippen LogP contribution >= 0.6 is 23.4 Å². The predicted molar refractivity (Wildman–Crippen MR) is 120 cm³/mol. The van der Waals surface area contributed by atoms with Crippen LogP contribution in [0.2, 0.25) is 5.02 Å². The van der Waals surface area contributed by atoms with Crippen LogP contribution in [0.1, 0.15) is 11.1 Å². The van der Waals surface area contributed by atoms with Crippen LogP contribution in [0.15, 0.2) is 52.7 Å². The molecule has 3 aromatic rings. The van der Waals surface area contributed by atoms with Gasteiger partial charge in [0.05, 0.1) is 27.5 Å². The molecule has 0 saturated heterocycles. The van der Waals surface area contributed by atoms with Crippen molar-refractivity contribution < 1.29 is 22.9 Å². The third kappa shape index (κ3) is 6.35. The number of anilines is 2. The number of halogens is 4. The number of carbonyl (C=O) groups is 1. The molecule has 1 amide bonds. The molecule has 4 N–H and O–H groups in total. The maximum absolute atomic E-state index is 12.9. The monoisotopic (exact) mass is 514 g/mol. The third-order valence-electron chi connectivity index (χ3n) is 4.03. The summed E-state index contributed by atoms with van der Waals surface area (Å²) in [6.45, 7) is 0. The van der Waals surface area contributed by atoms with Crippen LogP contribution in [0.5, 0.6) is 0 Å². The van der Waals surface area contributed by atoms with Crippen LogP contribution in [0.25, 0.3) is 0 Å². The van der Waals surface area contributed by atoms with E-state index in [0.29, 0.717) is 5.56 Å². The second-order valence-electron chi connectivity index (χ2n) is 6.42. The summed E-state index contributed by atoms with van der Waals surface area (Å²) in [5.41, 5.74) is 1.92. The molecule has 0 atom stereocenters. The molecule has 0 aliphatic rings. The molecular formula is C18H14ClF3N8O3S. The molecule has 16 heteroatoms. The fraction of sp³-hybridized carbons (Fsp3) is 0.111. The van der Waals surface area contributed by atoms with Crippen molar-refractivity contribution in [3.05, 3.63) is 68.7 Å². The molecule has 0 aliphatic carbocycles. The molecule has 11 nitrogen and oxygen atoms in total. The number of hydrogen-bond donors (Lipinski definition) is 3. The number of amides is 1. The van der Waals surface area contributed by atoms with E-state index >= 15 is 0 Å². The average Bonchev–Trinajstić information content (AvgIpc) is 3.12. The lowest BCUT2D eigenvalue weighted by Crippen LogP contribution is -2.17. The number of alkyl halides is 3. The van der Waals surface area contributed by atoms with E-state index in [4.69, 9.17) is 17.4 Å². The molecule has 0 aliphatic heterocycles. The van der Waals surface area contributed by atoms with Crippen molar-refractivity contribution in [1.82, 2.24) is 14.9 Å². The lowest BCUT2D eigenvalue weighted by atomic mass is 10.2. The maximum Gasteiger partial charge on any atom is 0.417 e. The summed E-state index contributed by atoms with van der Waals surface area (Å²) in [6.07, 6.45) is -3.28. The number of nitro benzene ring substituents is 1. The van der Waals surface area contributed by atoms with Gasteiger partial charge in [-0.3, -0.25) is 14.9 Å². The number of nitrogen functional groups attached to an aromatic ring is 1. The van der Waals surface area contributed by atoms with Gasteiger partial charge in [-0.15, -0.1) is 10.2 Å². The second-order valence-corrected chi connectivity index (χ2v) is 7.77. The second kappa shape index (κ2) is 10.4. The Morgan fingerprint density at radius 1 is 1.26 bits per heavy atom.